The molecule has 0 saturated carbocycles. The molecule has 0 aliphatic rings. The van der Waals surface area contributed by atoms with E-state index in [-0.39, 0.29) is 11.6 Å². The Kier molecular flexibility index (Phi) is 5.35. The van der Waals surface area contributed by atoms with Crippen LogP contribution in [0.4, 0.5) is 20.2 Å². The van der Waals surface area contributed by atoms with Crippen LogP contribution in [0.5, 0.6) is 0 Å². The van der Waals surface area contributed by atoms with Gasteiger partial charge in [0.1, 0.15) is 11.6 Å². The summed E-state index contributed by atoms with van der Waals surface area (Å²) in [6.07, 6.45) is 2.01. The smallest absolute Gasteiger partial charge is 0.123 e. The van der Waals surface area contributed by atoms with Crippen molar-refractivity contribution in [3.8, 4) is 0 Å². The molecule has 0 spiro atoms. The van der Waals surface area contributed by atoms with Crippen LogP contribution in [0.25, 0.3) is 0 Å². The number of rotatable bonds is 7. The maximum atomic E-state index is 12.7. The molecule has 0 aliphatic heterocycles. The lowest BCUT2D eigenvalue weighted by Crippen LogP contribution is -2.06. The highest BCUT2D eigenvalue weighted by Crippen LogP contribution is 2.09. The van der Waals surface area contributed by atoms with Crippen molar-refractivity contribution in [2.24, 2.45) is 0 Å². The van der Waals surface area contributed by atoms with Crippen molar-refractivity contribution in [2.75, 3.05) is 23.7 Å². The van der Waals surface area contributed by atoms with Gasteiger partial charge in [0.25, 0.3) is 0 Å². The predicted molar refractivity (Wildman–Crippen MR) is 79.0 cm³/mol. The van der Waals surface area contributed by atoms with Crippen molar-refractivity contribution in [2.45, 2.75) is 12.8 Å². The van der Waals surface area contributed by atoms with E-state index >= 15 is 0 Å². The van der Waals surface area contributed by atoms with Crippen LogP contribution in [0.15, 0.2) is 48.5 Å². The van der Waals surface area contributed by atoms with Gasteiger partial charge >= 0.3 is 0 Å². The minimum Gasteiger partial charge on any atom is -0.385 e. The quantitative estimate of drug-likeness (QED) is 0.738. The number of hydrogen-bond acceptors (Lipinski definition) is 2. The van der Waals surface area contributed by atoms with Gasteiger partial charge in [0, 0.05) is 24.5 Å². The molecule has 0 atom stereocenters. The third-order valence-corrected chi connectivity index (χ3v) is 2.95. The first-order valence-corrected chi connectivity index (χ1v) is 6.73. The van der Waals surface area contributed by atoms with E-state index in [0.29, 0.717) is 0 Å². The Labute approximate surface area is 117 Å². The second kappa shape index (κ2) is 7.48. The van der Waals surface area contributed by atoms with Gasteiger partial charge in [-0.3, -0.25) is 0 Å². The largest absolute Gasteiger partial charge is 0.385 e. The number of nitrogens with one attached hydrogen (secondary N) is 2. The number of hydrogen-bond donors (Lipinski definition) is 2. The highest BCUT2D eigenvalue weighted by atomic mass is 19.1. The van der Waals surface area contributed by atoms with Crippen LogP contribution in [0.3, 0.4) is 0 Å². The Morgan fingerprint density at radius 3 is 1.30 bits per heavy atom. The van der Waals surface area contributed by atoms with Crippen molar-refractivity contribution in [1.29, 1.82) is 0 Å². The second-order valence-electron chi connectivity index (χ2n) is 4.57. The molecule has 2 nitrogen and oxygen atoms in total. The first kappa shape index (κ1) is 14.3. The maximum Gasteiger partial charge on any atom is 0.123 e. The molecule has 2 aromatic rings. The van der Waals surface area contributed by atoms with E-state index in [4.69, 9.17) is 0 Å². The Hall–Kier alpha value is -2.10. The Morgan fingerprint density at radius 1 is 0.600 bits per heavy atom. The van der Waals surface area contributed by atoms with E-state index in [0.717, 1.165) is 37.3 Å². The third kappa shape index (κ3) is 4.88. The lowest BCUT2D eigenvalue weighted by molar-refractivity contribution is 0.627. The zero-order chi connectivity index (χ0) is 14.2. The first-order chi connectivity index (χ1) is 9.74. The van der Waals surface area contributed by atoms with Crippen LogP contribution < -0.4 is 10.6 Å². The molecule has 2 aromatic carbocycles. The molecule has 2 rings (SSSR count). The molecule has 0 unspecified atom stereocenters. The number of halogens is 2. The molecule has 0 fully saturated rings. The Bertz CT molecular complexity index is 460. The summed E-state index contributed by atoms with van der Waals surface area (Å²) in [5.74, 6) is -0.446. The van der Waals surface area contributed by atoms with Gasteiger partial charge in [-0.25, -0.2) is 8.78 Å². The van der Waals surface area contributed by atoms with E-state index < -0.39 is 0 Å². The molecular weight excluding hydrogens is 258 g/mol. The average Bonchev–Trinajstić information content (AvgIpc) is 2.46. The van der Waals surface area contributed by atoms with E-state index in [2.05, 4.69) is 10.6 Å². The second-order valence-corrected chi connectivity index (χ2v) is 4.57. The lowest BCUT2D eigenvalue weighted by Gasteiger charge is -2.08. The van der Waals surface area contributed by atoms with Crippen molar-refractivity contribution < 1.29 is 8.78 Å². The van der Waals surface area contributed by atoms with Gasteiger partial charge in [0.15, 0.2) is 0 Å². The number of anilines is 2. The molecule has 0 radical (unpaired) electrons. The summed E-state index contributed by atoms with van der Waals surface area (Å²) in [6, 6.07) is 12.7. The zero-order valence-electron chi connectivity index (χ0n) is 11.2. The van der Waals surface area contributed by atoms with Gasteiger partial charge in [0.05, 0.1) is 0 Å². The fourth-order valence-electron chi connectivity index (χ4n) is 1.85. The summed E-state index contributed by atoms with van der Waals surface area (Å²) in [4.78, 5) is 0. The monoisotopic (exact) mass is 276 g/mol. The van der Waals surface area contributed by atoms with Gasteiger partial charge in [0.2, 0.25) is 0 Å². The molecule has 0 saturated heterocycles. The number of benzene rings is 2. The minimum atomic E-state index is -0.223. The summed E-state index contributed by atoms with van der Waals surface area (Å²) < 4.78 is 25.4. The highest BCUT2D eigenvalue weighted by Gasteiger charge is 1.95. The molecule has 0 heterocycles. The standard InChI is InChI=1S/C16H18F2N2/c17-13-3-7-15(8-4-13)19-11-1-2-12-20-16-9-5-14(18)6-10-16/h3-10,19-20H,1-2,11-12H2. The molecule has 4 heteroatoms. The maximum absolute atomic E-state index is 12.7. The summed E-state index contributed by atoms with van der Waals surface area (Å²) in [7, 11) is 0. The molecule has 0 aliphatic carbocycles. The van der Waals surface area contributed by atoms with Crippen LogP contribution in [-0.2, 0) is 0 Å². The van der Waals surface area contributed by atoms with Crippen LogP contribution in [0.1, 0.15) is 12.8 Å². The van der Waals surface area contributed by atoms with Crippen LogP contribution in [-0.4, -0.2) is 13.1 Å². The summed E-state index contributed by atoms with van der Waals surface area (Å²) in [6.45, 7) is 1.69. The fourth-order valence-corrected chi connectivity index (χ4v) is 1.85. The first-order valence-electron chi connectivity index (χ1n) is 6.73. The summed E-state index contributed by atoms with van der Waals surface area (Å²) in [5.41, 5.74) is 1.86. The summed E-state index contributed by atoms with van der Waals surface area (Å²) in [5, 5.41) is 6.47. The molecule has 2 N–H and O–H groups in total. The fraction of sp³-hybridized carbons (Fsp3) is 0.250. The van der Waals surface area contributed by atoms with Crippen LogP contribution in [0, 0.1) is 11.6 Å². The minimum absolute atomic E-state index is 0.223. The van der Waals surface area contributed by atoms with E-state index in [1.165, 1.54) is 24.3 Å². The molecular formula is C16H18F2N2. The van der Waals surface area contributed by atoms with Crippen LogP contribution in [0.2, 0.25) is 0 Å². The van der Waals surface area contributed by atoms with Gasteiger partial charge in [-0.2, -0.15) is 0 Å². The third-order valence-electron chi connectivity index (χ3n) is 2.95. The van der Waals surface area contributed by atoms with Crippen molar-refractivity contribution in [3.05, 3.63) is 60.2 Å². The van der Waals surface area contributed by atoms with E-state index in [1.54, 1.807) is 24.3 Å². The zero-order valence-corrected chi connectivity index (χ0v) is 11.2. The van der Waals surface area contributed by atoms with Gasteiger partial charge in [-0.1, -0.05) is 0 Å². The highest BCUT2D eigenvalue weighted by molar-refractivity contribution is 5.43. The predicted octanol–water partition coefficient (Wildman–Crippen LogP) is 4.27. The SMILES string of the molecule is Fc1ccc(NCCCCNc2ccc(F)cc2)cc1. The van der Waals surface area contributed by atoms with Crippen molar-refractivity contribution in [1.82, 2.24) is 0 Å². The van der Waals surface area contributed by atoms with Crippen molar-refractivity contribution in [3.63, 3.8) is 0 Å². The molecule has 0 bridgehead atoms. The van der Waals surface area contributed by atoms with Crippen molar-refractivity contribution >= 4 is 11.4 Å². The Balaban J connectivity index is 1.57. The summed E-state index contributed by atoms with van der Waals surface area (Å²) >= 11 is 0. The Morgan fingerprint density at radius 2 is 0.950 bits per heavy atom. The van der Waals surface area contributed by atoms with Gasteiger partial charge in [-0.15, -0.1) is 0 Å². The number of unbranched alkanes of at least 4 members (excludes halogenated alkanes) is 1. The van der Waals surface area contributed by atoms with Gasteiger partial charge in [-0.05, 0) is 61.4 Å². The normalized spacial score (nSPS) is 10.3. The van der Waals surface area contributed by atoms with E-state index in [1.807, 2.05) is 0 Å². The average molecular weight is 276 g/mol. The molecule has 106 valence electrons. The van der Waals surface area contributed by atoms with Gasteiger partial charge < -0.3 is 10.6 Å². The lowest BCUT2D eigenvalue weighted by atomic mass is 10.2. The topological polar surface area (TPSA) is 24.1 Å². The molecule has 20 heavy (non-hydrogen) atoms. The molecule has 0 amide bonds. The molecule has 0 aromatic heterocycles. The van der Waals surface area contributed by atoms with Crippen LogP contribution >= 0.6 is 0 Å². The van der Waals surface area contributed by atoms with E-state index in [9.17, 15) is 8.78 Å².